The number of rotatable bonds is 3. The number of halogens is 1. The summed E-state index contributed by atoms with van der Waals surface area (Å²) in [4.78, 5) is 23.8. The van der Waals surface area contributed by atoms with Crippen LogP contribution in [0.2, 0.25) is 0 Å². The fourth-order valence-corrected chi connectivity index (χ4v) is 2.78. The lowest BCUT2D eigenvalue weighted by molar-refractivity contribution is -0.118. The molecule has 0 saturated carbocycles. The Morgan fingerprint density at radius 1 is 1.32 bits per heavy atom. The zero-order valence-corrected chi connectivity index (χ0v) is 13.6. The fraction of sp³-hybridized carbons (Fsp3) is 0.176. The van der Waals surface area contributed by atoms with Crippen molar-refractivity contribution in [3.8, 4) is 5.75 Å². The number of carbonyl (C=O) groups excluding carboxylic acids is 2. The molecule has 1 N–H and O–H groups in total. The van der Waals surface area contributed by atoms with Crippen LogP contribution in [-0.2, 0) is 11.2 Å². The third-order valence-electron chi connectivity index (χ3n) is 3.67. The number of fused-ring (bicyclic) bond motifs is 1. The zero-order chi connectivity index (χ0) is 15.7. The van der Waals surface area contributed by atoms with Crippen LogP contribution in [-0.4, -0.2) is 18.3 Å². The normalized spacial score (nSPS) is 13.1. The number of carbonyl (C=O) groups is 2. The molecule has 1 aliphatic heterocycles. The van der Waals surface area contributed by atoms with Gasteiger partial charge < -0.3 is 10.1 Å². The quantitative estimate of drug-likeness (QED) is 0.853. The first-order chi connectivity index (χ1) is 10.5. The van der Waals surface area contributed by atoms with Gasteiger partial charge in [-0.25, -0.2) is 0 Å². The van der Waals surface area contributed by atoms with Crippen molar-refractivity contribution in [3.63, 3.8) is 0 Å². The number of amides is 1. The number of ketones is 1. The van der Waals surface area contributed by atoms with E-state index in [1.165, 1.54) is 0 Å². The van der Waals surface area contributed by atoms with E-state index in [4.69, 9.17) is 4.74 Å². The summed E-state index contributed by atoms with van der Waals surface area (Å²) >= 11 is 3.47. The second kappa shape index (κ2) is 5.93. The molecule has 3 rings (SSSR count). The van der Waals surface area contributed by atoms with Crippen molar-refractivity contribution in [1.29, 1.82) is 0 Å². The molecule has 1 aliphatic rings. The van der Waals surface area contributed by atoms with Gasteiger partial charge in [0.15, 0.2) is 12.4 Å². The average Bonchev–Trinajstić information content (AvgIpc) is 2.51. The molecule has 0 atom stereocenters. The Hall–Kier alpha value is -2.14. The summed E-state index contributed by atoms with van der Waals surface area (Å²) in [5, 5.41) is 2.72. The molecule has 0 spiro atoms. The number of anilines is 1. The molecular formula is C17H14BrNO3. The molecule has 0 saturated heterocycles. The van der Waals surface area contributed by atoms with Crippen molar-refractivity contribution in [2.24, 2.45) is 0 Å². The van der Waals surface area contributed by atoms with Crippen LogP contribution >= 0.6 is 15.9 Å². The Bertz CT molecular complexity index is 770. The third kappa shape index (κ3) is 2.90. The molecule has 0 bridgehead atoms. The van der Waals surface area contributed by atoms with Gasteiger partial charge in [0.2, 0.25) is 0 Å². The highest BCUT2D eigenvalue weighted by atomic mass is 79.9. The SMILES string of the molecule is Cc1c(Br)cccc1CC(=O)c1ccc2c(c1)NC(=O)CO2. The van der Waals surface area contributed by atoms with Gasteiger partial charge in [0.1, 0.15) is 5.75 Å². The zero-order valence-electron chi connectivity index (χ0n) is 12.0. The molecule has 1 heterocycles. The Labute approximate surface area is 136 Å². The Kier molecular flexibility index (Phi) is 3.98. The topological polar surface area (TPSA) is 55.4 Å². The Balaban J connectivity index is 1.85. The molecule has 2 aromatic rings. The van der Waals surface area contributed by atoms with Crippen molar-refractivity contribution >= 4 is 33.3 Å². The van der Waals surface area contributed by atoms with Crippen molar-refractivity contribution in [2.75, 3.05) is 11.9 Å². The highest BCUT2D eigenvalue weighted by Crippen LogP contribution is 2.29. The van der Waals surface area contributed by atoms with Crippen molar-refractivity contribution in [1.82, 2.24) is 0 Å². The standard InChI is InChI=1S/C17H14BrNO3/c1-10-11(3-2-4-13(10)18)8-15(20)12-5-6-16-14(7-12)19-17(21)9-22-16/h2-7H,8-9H2,1H3,(H,19,21). The first kappa shape index (κ1) is 14.8. The molecule has 0 unspecified atom stereocenters. The lowest BCUT2D eigenvalue weighted by Gasteiger charge is -2.18. The van der Waals surface area contributed by atoms with Crippen LogP contribution in [0.5, 0.6) is 5.75 Å². The maximum Gasteiger partial charge on any atom is 0.262 e. The molecule has 112 valence electrons. The van der Waals surface area contributed by atoms with E-state index in [2.05, 4.69) is 21.2 Å². The van der Waals surface area contributed by atoms with Gasteiger partial charge in [0.05, 0.1) is 5.69 Å². The maximum atomic E-state index is 12.5. The number of nitrogens with one attached hydrogen (secondary N) is 1. The monoisotopic (exact) mass is 359 g/mol. The highest BCUT2D eigenvalue weighted by Gasteiger charge is 2.18. The first-order valence-corrected chi connectivity index (χ1v) is 7.68. The van der Waals surface area contributed by atoms with Crippen LogP contribution in [0.4, 0.5) is 5.69 Å². The molecular weight excluding hydrogens is 346 g/mol. The number of Topliss-reactive ketones (excluding diaryl/α,β-unsaturated/α-hetero) is 1. The van der Waals surface area contributed by atoms with Gasteiger partial charge in [0, 0.05) is 16.5 Å². The molecule has 22 heavy (non-hydrogen) atoms. The molecule has 0 aromatic heterocycles. The van der Waals surface area contributed by atoms with Crippen molar-refractivity contribution < 1.29 is 14.3 Å². The molecule has 0 aliphatic carbocycles. The van der Waals surface area contributed by atoms with E-state index in [9.17, 15) is 9.59 Å². The first-order valence-electron chi connectivity index (χ1n) is 6.88. The van der Waals surface area contributed by atoms with E-state index in [1.807, 2.05) is 25.1 Å². The van der Waals surface area contributed by atoms with Crippen LogP contribution in [0.1, 0.15) is 21.5 Å². The summed E-state index contributed by atoms with van der Waals surface area (Å²) in [7, 11) is 0. The molecule has 0 radical (unpaired) electrons. The van der Waals surface area contributed by atoms with Gasteiger partial charge in [-0.2, -0.15) is 0 Å². The lowest BCUT2D eigenvalue weighted by atomic mass is 9.99. The maximum absolute atomic E-state index is 12.5. The fourth-order valence-electron chi connectivity index (χ4n) is 2.38. The van der Waals surface area contributed by atoms with E-state index in [1.54, 1.807) is 18.2 Å². The minimum absolute atomic E-state index is 0.00354. The van der Waals surface area contributed by atoms with Crippen LogP contribution in [0.3, 0.4) is 0 Å². The molecule has 1 amide bonds. The minimum atomic E-state index is -0.208. The van der Waals surface area contributed by atoms with Crippen LogP contribution in [0, 0.1) is 6.92 Å². The Morgan fingerprint density at radius 2 is 2.14 bits per heavy atom. The molecule has 0 fully saturated rings. The van der Waals surface area contributed by atoms with E-state index >= 15 is 0 Å². The molecule has 2 aromatic carbocycles. The van der Waals surface area contributed by atoms with Gasteiger partial charge in [-0.3, -0.25) is 9.59 Å². The van der Waals surface area contributed by atoms with E-state index < -0.39 is 0 Å². The summed E-state index contributed by atoms with van der Waals surface area (Å²) in [6.07, 6.45) is 0.318. The predicted molar refractivity (Wildman–Crippen MR) is 87.5 cm³/mol. The summed E-state index contributed by atoms with van der Waals surface area (Å²) < 4.78 is 6.28. The van der Waals surface area contributed by atoms with E-state index in [-0.39, 0.29) is 18.3 Å². The summed E-state index contributed by atoms with van der Waals surface area (Å²) in [6.45, 7) is 1.99. The number of hydrogen-bond donors (Lipinski definition) is 1. The minimum Gasteiger partial charge on any atom is -0.482 e. The number of hydrogen-bond acceptors (Lipinski definition) is 3. The van der Waals surface area contributed by atoms with Gasteiger partial charge >= 0.3 is 0 Å². The average molecular weight is 360 g/mol. The molecule has 4 nitrogen and oxygen atoms in total. The second-order valence-electron chi connectivity index (χ2n) is 5.17. The van der Waals surface area contributed by atoms with Crippen LogP contribution < -0.4 is 10.1 Å². The summed E-state index contributed by atoms with van der Waals surface area (Å²) in [5.74, 6) is 0.388. The van der Waals surface area contributed by atoms with Gasteiger partial charge in [-0.15, -0.1) is 0 Å². The Morgan fingerprint density at radius 3 is 2.95 bits per heavy atom. The van der Waals surface area contributed by atoms with Crippen LogP contribution in [0.25, 0.3) is 0 Å². The van der Waals surface area contributed by atoms with E-state index in [0.29, 0.717) is 23.4 Å². The highest BCUT2D eigenvalue weighted by molar-refractivity contribution is 9.10. The largest absolute Gasteiger partial charge is 0.482 e. The summed E-state index contributed by atoms with van der Waals surface area (Å²) in [6, 6.07) is 10.9. The van der Waals surface area contributed by atoms with Crippen LogP contribution in [0.15, 0.2) is 40.9 Å². The predicted octanol–water partition coefficient (Wildman–Crippen LogP) is 3.51. The number of ether oxygens (including phenoxy) is 1. The second-order valence-corrected chi connectivity index (χ2v) is 6.03. The van der Waals surface area contributed by atoms with Gasteiger partial charge in [-0.1, -0.05) is 28.1 Å². The number of benzene rings is 2. The smallest absolute Gasteiger partial charge is 0.262 e. The van der Waals surface area contributed by atoms with Gasteiger partial charge in [-0.05, 0) is 42.3 Å². The van der Waals surface area contributed by atoms with Crippen molar-refractivity contribution in [3.05, 3.63) is 57.6 Å². The lowest BCUT2D eigenvalue weighted by Crippen LogP contribution is -2.25. The molecule has 5 heteroatoms. The third-order valence-corrected chi connectivity index (χ3v) is 4.52. The van der Waals surface area contributed by atoms with Crippen molar-refractivity contribution in [2.45, 2.75) is 13.3 Å². The van der Waals surface area contributed by atoms with Gasteiger partial charge in [0.25, 0.3) is 5.91 Å². The van der Waals surface area contributed by atoms with E-state index in [0.717, 1.165) is 15.6 Å². The summed E-state index contributed by atoms with van der Waals surface area (Å²) in [5.41, 5.74) is 3.15.